The van der Waals surface area contributed by atoms with E-state index in [1.165, 1.54) is 20.3 Å². The number of carbonyl (C=O) groups is 3. The van der Waals surface area contributed by atoms with Crippen molar-refractivity contribution in [2.24, 2.45) is 5.41 Å². The van der Waals surface area contributed by atoms with E-state index in [0.717, 1.165) is 0 Å². The van der Waals surface area contributed by atoms with Crippen LogP contribution in [-0.4, -0.2) is 48.5 Å². The van der Waals surface area contributed by atoms with E-state index in [1.54, 1.807) is 48.5 Å². The highest BCUT2D eigenvalue weighted by Crippen LogP contribution is 2.32. The summed E-state index contributed by atoms with van der Waals surface area (Å²) in [5, 5.41) is 5.76. The molecule has 0 saturated carbocycles. The van der Waals surface area contributed by atoms with E-state index in [9.17, 15) is 14.4 Å². The Bertz CT molecular complexity index is 1570. The number of nitrogens with zero attached hydrogens (tertiary/aromatic N) is 1. The average Bonchev–Trinajstić information content (AvgIpc) is 3.29. The first-order chi connectivity index (χ1) is 18.5. The summed E-state index contributed by atoms with van der Waals surface area (Å²) in [6.07, 6.45) is 0. The summed E-state index contributed by atoms with van der Waals surface area (Å²) in [5.41, 5.74) is 9.08. The topological polar surface area (TPSA) is 148 Å². The lowest BCUT2D eigenvalue weighted by Gasteiger charge is -2.19. The molecule has 10 heteroatoms. The number of nitrogen functional groups attached to an aromatic ring is 1. The van der Waals surface area contributed by atoms with Crippen LogP contribution in [-0.2, 0) is 4.74 Å². The largest absolute Gasteiger partial charge is 0.497 e. The van der Waals surface area contributed by atoms with Crippen molar-refractivity contribution < 1.29 is 23.9 Å². The number of imidazole rings is 1. The van der Waals surface area contributed by atoms with Crippen molar-refractivity contribution in [3.8, 4) is 16.9 Å². The summed E-state index contributed by atoms with van der Waals surface area (Å²) in [7, 11) is 2.76. The van der Waals surface area contributed by atoms with Gasteiger partial charge < -0.3 is 30.8 Å². The number of hydrogen-bond donors (Lipinski definition) is 4. The second kappa shape index (κ2) is 10.9. The molecule has 0 bridgehead atoms. The molecule has 39 heavy (non-hydrogen) atoms. The third-order valence-electron chi connectivity index (χ3n) is 5.99. The zero-order valence-electron chi connectivity index (χ0n) is 22.5. The zero-order chi connectivity index (χ0) is 28.3. The lowest BCUT2D eigenvalue weighted by atomic mass is 9.92. The van der Waals surface area contributed by atoms with Crippen LogP contribution < -0.4 is 21.1 Å². The molecule has 10 nitrogen and oxygen atoms in total. The molecule has 0 saturated heterocycles. The number of rotatable bonds is 7. The van der Waals surface area contributed by atoms with Crippen molar-refractivity contribution in [1.82, 2.24) is 15.3 Å². The van der Waals surface area contributed by atoms with Gasteiger partial charge in [0.05, 0.1) is 36.4 Å². The van der Waals surface area contributed by atoms with Crippen LogP contribution in [0.25, 0.3) is 22.2 Å². The predicted molar refractivity (Wildman–Crippen MR) is 150 cm³/mol. The molecule has 1 heterocycles. The van der Waals surface area contributed by atoms with Crippen molar-refractivity contribution in [2.45, 2.75) is 20.8 Å². The van der Waals surface area contributed by atoms with Crippen molar-refractivity contribution in [3.63, 3.8) is 0 Å². The van der Waals surface area contributed by atoms with Gasteiger partial charge in [-0.15, -0.1) is 0 Å². The van der Waals surface area contributed by atoms with Crippen molar-refractivity contribution in [1.29, 1.82) is 0 Å². The van der Waals surface area contributed by atoms with Crippen LogP contribution in [0.2, 0.25) is 0 Å². The minimum atomic E-state index is -0.639. The number of amides is 2. The van der Waals surface area contributed by atoms with E-state index >= 15 is 0 Å². The van der Waals surface area contributed by atoms with E-state index < -0.39 is 11.9 Å². The van der Waals surface area contributed by atoms with E-state index in [0.29, 0.717) is 45.7 Å². The summed E-state index contributed by atoms with van der Waals surface area (Å²) in [6.45, 7) is 6.49. The monoisotopic (exact) mass is 529 g/mol. The Balaban J connectivity index is 1.74. The number of fused-ring (bicyclic) bond motifs is 1. The van der Waals surface area contributed by atoms with Crippen LogP contribution in [0.1, 0.15) is 51.8 Å². The maximum Gasteiger partial charge on any atom is 0.338 e. The molecule has 0 aliphatic rings. The molecule has 2 amide bonds. The van der Waals surface area contributed by atoms with Gasteiger partial charge in [-0.05, 0) is 65.1 Å². The van der Waals surface area contributed by atoms with Gasteiger partial charge in [-0.3, -0.25) is 9.59 Å². The molecule has 0 radical (unpaired) electrons. The van der Waals surface area contributed by atoms with Crippen molar-refractivity contribution >= 4 is 40.5 Å². The minimum Gasteiger partial charge on any atom is -0.497 e. The average molecular weight is 530 g/mol. The van der Waals surface area contributed by atoms with Crippen LogP contribution in [0.5, 0.6) is 5.75 Å². The summed E-state index contributed by atoms with van der Waals surface area (Å²) < 4.78 is 10.4. The van der Waals surface area contributed by atoms with Gasteiger partial charge in [-0.25, -0.2) is 9.78 Å². The van der Waals surface area contributed by atoms with Gasteiger partial charge >= 0.3 is 5.97 Å². The number of benzene rings is 3. The number of esters is 1. The second-order valence-electron chi connectivity index (χ2n) is 10.2. The van der Waals surface area contributed by atoms with Gasteiger partial charge in [-0.1, -0.05) is 26.8 Å². The number of anilines is 2. The molecule has 0 aliphatic heterocycles. The van der Waals surface area contributed by atoms with E-state index in [1.807, 2.05) is 20.8 Å². The minimum absolute atomic E-state index is 0.110. The number of nitrogens with one attached hydrogen (secondary N) is 3. The number of nitrogens with two attached hydrogens (primary N) is 1. The van der Waals surface area contributed by atoms with Crippen LogP contribution in [0.3, 0.4) is 0 Å². The Morgan fingerprint density at radius 1 is 0.923 bits per heavy atom. The maximum atomic E-state index is 13.5. The van der Waals surface area contributed by atoms with Crippen LogP contribution in [0, 0.1) is 5.41 Å². The van der Waals surface area contributed by atoms with E-state index in [2.05, 4.69) is 20.6 Å². The number of aromatic amines is 1. The third kappa shape index (κ3) is 6.18. The SMILES string of the molecule is COC(=O)c1cc(C(=O)NCC(C)(C)C)ccc1-c1ccc(OC)cc1C(=O)Nc1ccc2nc(N)[nH]c2c1. The molecule has 0 atom stereocenters. The predicted octanol–water partition coefficient (Wildman–Crippen LogP) is 4.64. The van der Waals surface area contributed by atoms with Gasteiger partial charge in [0.15, 0.2) is 5.95 Å². The van der Waals surface area contributed by atoms with Gasteiger partial charge in [0.25, 0.3) is 11.8 Å². The molecular formula is C29H31N5O5. The molecule has 3 aromatic carbocycles. The number of carbonyl (C=O) groups excluding carboxylic acids is 3. The number of methoxy groups -OCH3 is 2. The number of H-pyrrole nitrogens is 1. The molecule has 1 aromatic heterocycles. The standard InChI is InChI=1S/C29H31N5O5/c1-29(2,3)15-31-25(35)16-6-9-20(22(12-16)27(37)39-5)19-10-8-18(38-4)14-21(19)26(36)32-17-7-11-23-24(13-17)34-28(30)33-23/h6-14H,15H2,1-5H3,(H,31,35)(H,32,36)(H3,30,33,34). The molecule has 0 aliphatic carbocycles. The Labute approximate surface area is 225 Å². The number of hydrogen-bond acceptors (Lipinski definition) is 7. The first-order valence-corrected chi connectivity index (χ1v) is 12.2. The summed E-state index contributed by atoms with van der Waals surface area (Å²) in [5.74, 6) is -0.657. The number of aromatic nitrogens is 2. The Hall–Kier alpha value is -4.86. The fraction of sp³-hybridized carbons (Fsp3) is 0.241. The molecule has 202 valence electrons. The van der Waals surface area contributed by atoms with Crippen LogP contribution in [0.4, 0.5) is 11.6 Å². The smallest absolute Gasteiger partial charge is 0.338 e. The Morgan fingerprint density at radius 2 is 1.64 bits per heavy atom. The van der Waals surface area contributed by atoms with Crippen LogP contribution in [0.15, 0.2) is 54.6 Å². The van der Waals surface area contributed by atoms with Crippen molar-refractivity contribution in [3.05, 3.63) is 71.3 Å². The normalized spacial score (nSPS) is 11.2. The summed E-state index contributed by atoms with van der Waals surface area (Å²) >= 11 is 0. The molecule has 0 unspecified atom stereocenters. The first kappa shape index (κ1) is 27.2. The zero-order valence-corrected chi connectivity index (χ0v) is 22.5. The van der Waals surface area contributed by atoms with Gasteiger partial charge in [0.1, 0.15) is 5.75 Å². The third-order valence-corrected chi connectivity index (χ3v) is 5.99. The van der Waals surface area contributed by atoms with Gasteiger partial charge in [-0.2, -0.15) is 0 Å². The highest BCUT2D eigenvalue weighted by atomic mass is 16.5. The highest BCUT2D eigenvalue weighted by Gasteiger charge is 2.22. The Morgan fingerprint density at radius 3 is 2.33 bits per heavy atom. The fourth-order valence-corrected chi connectivity index (χ4v) is 4.03. The maximum absolute atomic E-state index is 13.5. The first-order valence-electron chi connectivity index (χ1n) is 12.2. The second-order valence-corrected chi connectivity index (χ2v) is 10.2. The molecule has 4 aromatic rings. The lowest BCUT2D eigenvalue weighted by molar-refractivity contribution is 0.0601. The van der Waals surface area contributed by atoms with Crippen LogP contribution >= 0.6 is 0 Å². The molecule has 0 spiro atoms. The van der Waals surface area contributed by atoms with E-state index in [4.69, 9.17) is 15.2 Å². The molecule has 5 N–H and O–H groups in total. The summed E-state index contributed by atoms with van der Waals surface area (Å²) in [4.78, 5) is 46.3. The fourth-order valence-electron chi connectivity index (χ4n) is 4.03. The molecule has 4 rings (SSSR count). The molecular weight excluding hydrogens is 498 g/mol. The van der Waals surface area contributed by atoms with E-state index in [-0.39, 0.29) is 28.4 Å². The quantitative estimate of drug-likeness (QED) is 0.255. The Kier molecular flexibility index (Phi) is 7.57. The van der Waals surface area contributed by atoms with Gasteiger partial charge in [0, 0.05) is 17.8 Å². The highest BCUT2D eigenvalue weighted by molar-refractivity contribution is 6.11. The summed E-state index contributed by atoms with van der Waals surface area (Å²) in [6, 6.07) is 14.9. The molecule has 0 fully saturated rings. The van der Waals surface area contributed by atoms with Crippen molar-refractivity contribution in [2.75, 3.05) is 31.8 Å². The lowest BCUT2D eigenvalue weighted by Crippen LogP contribution is -2.32. The van der Waals surface area contributed by atoms with Gasteiger partial charge in [0.2, 0.25) is 0 Å². The number of ether oxygens (including phenoxy) is 2.